The van der Waals surface area contributed by atoms with Crippen LogP contribution >= 0.6 is 0 Å². The molecule has 0 spiro atoms. The Bertz CT molecular complexity index is 846. The van der Waals surface area contributed by atoms with Crippen molar-refractivity contribution in [1.29, 1.82) is 0 Å². The second-order valence-electron chi connectivity index (χ2n) is 6.84. The van der Waals surface area contributed by atoms with Gasteiger partial charge in [0.25, 0.3) is 0 Å². The van der Waals surface area contributed by atoms with Crippen LogP contribution in [0.3, 0.4) is 0 Å². The molecule has 2 aromatic carbocycles. The standard InChI is InChI=1S/C21H24N2O/c1-15-7-5-10-18-19(14-22-20(15)18)21(23-11-3-2-4-12-23)16-8-6-9-17(24)13-16/h5-10,13-14,21-22,24H,2-4,11-12H2,1H3. The predicted octanol–water partition coefficient (Wildman–Crippen LogP) is 4.76. The molecule has 1 aromatic heterocycles. The Hall–Kier alpha value is -2.26. The highest BCUT2D eigenvalue weighted by Crippen LogP contribution is 2.36. The molecule has 0 amide bonds. The second kappa shape index (κ2) is 6.33. The van der Waals surface area contributed by atoms with E-state index >= 15 is 0 Å². The molecule has 24 heavy (non-hydrogen) atoms. The van der Waals surface area contributed by atoms with Gasteiger partial charge in [-0.3, -0.25) is 4.90 Å². The largest absolute Gasteiger partial charge is 0.508 e. The van der Waals surface area contributed by atoms with Crippen molar-refractivity contribution >= 4 is 10.9 Å². The third kappa shape index (κ3) is 2.69. The lowest BCUT2D eigenvalue weighted by atomic mass is 9.94. The fourth-order valence-corrected chi connectivity index (χ4v) is 4.01. The molecule has 1 fully saturated rings. The summed E-state index contributed by atoms with van der Waals surface area (Å²) in [5.74, 6) is 0.338. The van der Waals surface area contributed by atoms with Gasteiger partial charge in [-0.05, 0) is 61.7 Å². The average Bonchev–Trinajstić information content (AvgIpc) is 3.02. The minimum Gasteiger partial charge on any atom is -0.508 e. The van der Waals surface area contributed by atoms with Crippen LogP contribution in [0, 0.1) is 6.92 Å². The van der Waals surface area contributed by atoms with E-state index in [0.717, 1.165) is 13.1 Å². The molecule has 1 saturated heterocycles. The van der Waals surface area contributed by atoms with Crippen LogP contribution in [0.25, 0.3) is 10.9 Å². The van der Waals surface area contributed by atoms with Gasteiger partial charge in [0.15, 0.2) is 0 Å². The van der Waals surface area contributed by atoms with Gasteiger partial charge >= 0.3 is 0 Å². The summed E-state index contributed by atoms with van der Waals surface area (Å²) in [4.78, 5) is 6.03. The van der Waals surface area contributed by atoms with Gasteiger partial charge in [-0.15, -0.1) is 0 Å². The van der Waals surface area contributed by atoms with E-state index in [0.29, 0.717) is 5.75 Å². The van der Waals surface area contributed by atoms with Crippen molar-refractivity contribution in [3.05, 3.63) is 65.4 Å². The molecule has 1 aliphatic rings. The number of phenols is 1. The third-order valence-corrected chi connectivity index (χ3v) is 5.19. The summed E-state index contributed by atoms with van der Waals surface area (Å²) in [6.45, 7) is 4.37. The van der Waals surface area contributed by atoms with Crippen molar-refractivity contribution in [2.45, 2.75) is 32.2 Å². The van der Waals surface area contributed by atoms with Crippen molar-refractivity contribution in [2.24, 2.45) is 0 Å². The van der Waals surface area contributed by atoms with Crippen LogP contribution in [0.4, 0.5) is 0 Å². The number of aromatic nitrogens is 1. The molecule has 2 N–H and O–H groups in total. The second-order valence-corrected chi connectivity index (χ2v) is 6.84. The molecule has 0 aliphatic carbocycles. The van der Waals surface area contributed by atoms with E-state index in [1.165, 1.54) is 46.9 Å². The number of aromatic amines is 1. The zero-order valence-corrected chi connectivity index (χ0v) is 14.1. The summed E-state index contributed by atoms with van der Waals surface area (Å²) < 4.78 is 0. The van der Waals surface area contributed by atoms with Gasteiger partial charge in [0.2, 0.25) is 0 Å². The Morgan fingerprint density at radius 3 is 2.62 bits per heavy atom. The van der Waals surface area contributed by atoms with Gasteiger partial charge in [0.1, 0.15) is 5.75 Å². The monoisotopic (exact) mass is 320 g/mol. The number of nitrogens with zero attached hydrogens (tertiary/aromatic N) is 1. The zero-order valence-electron chi connectivity index (χ0n) is 14.1. The maximum Gasteiger partial charge on any atom is 0.115 e. The maximum atomic E-state index is 9.99. The molecule has 1 aliphatic heterocycles. The quantitative estimate of drug-likeness (QED) is 0.730. The normalized spacial score (nSPS) is 17.2. The van der Waals surface area contributed by atoms with Gasteiger partial charge in [-0.1, -0.05) is 36.8 Å². The van der Waals surface area contributed by atoms with Gasteiger partial charge in [-0.25, -0.2) is 0 Å². The molecule has 3 nitrogen and oxygen atoms in total. The molecule has 0 radical (unpaired) electrons. The first-order chi connectivity index (χ1) is 11.7. The van der Waals surface area contributed by atoms with E-state index in [1.54, 1.807) is 6.07 Å². The molecular weight excluding hydrogens is 296 g/mol. The number of aryl methyl sites for hydroxylation is 1. The van der Waals surface area contributed by atoms with Gasteiger partial charge in [0, 0.05) is 17.1 Å². The van der Waals surface area contributed by atoms with Gasteiger partial charge in [0.05, 0.1) is 6.04 Å². The number of para-hydroxylation sites is 1. The highest BCUT2D eigenvalue weighted by Gasteiger charge is 2.26. The summed E-state index contributed by atoms with van der Waals surface area (Å²) in [7, 11) is 0. The summed E-state index contributed by atoms with van der Waals surface area (Å²) in [5, 5.41) is 11.3. The Balaban J connectivity index is 1.86. The number of phenolic OH excluding ortho intramolecular Hbond substituents is 1. The summed E-state index contributed by atoms with van der Waals surface area (Å²) >= 11 is 0. The van der Waals surface area contributed by atoms with Crippen LogP contribution in [-0.2, 0) is 0 Å². The van der Waals surface area contributed by atoms with E-state index < -0.39 is 0 Å². The lowest BCUT2D eigenvalue weighted by Crippen LogP contribution is -2.34. The number of piperidine rings is 1. The minimum absolute atomic E-state index is 0.188. The number of fused-ring (bicyclic) bond motifs is 1. The molecular formula is C21H24N2O. The van der Waals surface area contributed by atoms with Crippen LogP contribution in [0.2, 0.25) is 0 Å². The number of rotatable bonds is 3. The Morgan fingerprint density at radius 1 is 1.04 bits per heavy atom. The molecule has 0 saturated carbocycles. The smallest absolute Gasteiger partial charge is 0.115 e. The molecule has 1 atom stereocenters. The number of hydrogen-bond acceptors (Lipinski definition) is 2. The van der Waals surface area contributed by atoms with Crippen LogP contribution in [-0.4, -0.2) is 28.1 Å². The van der Waals surface area contributed by atoms with E-state index in [9.17, 15) is 5.11 Å². The van der Waals surface area contributed by atoms with Crippen molar-refractivity contribution in [1.82, 2.24) is 9.88 Å². The van der Waals surface area contributed by atoms with E-state index in [4.69, 9.17) is 0 Å². The van der Waals surface area contributed by atoms with Crippen molar-refractivity contribution in [3.63, 3.8) is 0 Å². The fraction of sp³-hybridized carbons (Fsp3) is 0.333. The third-order valence-electron chi connectivity index (χ3n) is 5.19. The Morgan fingerprint density at radius 2 is 1.83 bits per heavy atom. The Kier molecular flexibility index (Phi) is 4.03. The zero-order chi connectivity index (χ0) is 16.5. The number of H-pyrrole nitrogens is 1. The lowest BCUT2D eigenvalue weighted by molar-refractivity contribution is 0.188. The SMILES string of the molecule is Cc1cccc2c(C(c3cccc(O)c3)N3CCCCC3)c[nH]c12. The van der Waals surface area contributed by atoms with Gasteiger partial charge in [-0.2, -0.15) is 0 Å². The van der Waals surface area contributed by atoms with E-state index in [2.05, 4.69) is 47.3 Å². The Labute approximate surface area is 142 Å². The molecule has 3 aromatic rings. The highest BCUT2D eigenvalue weighted by atomic mass is 16.3. The highest BCUT2D eigenvalue weighted by molar-refractivity contribution is 5.86. The lowest BCUT2D eigenvalue weighted by Gasteiger charge is -2.35. The molecule has 2 heterocycles. The molecule has 124 valence electrons. The van der Waals surface area contributed by atoms with Crippen LogP contribution in [0.1, 0.15) is 42.0 Å². The van der Waals surface area contributed by atoms with Crippen molar-refractivity contribution in [2.75, 3.05) is 13.1 Å². The average molecular weight is 320 g/mol. The molecule has 3 heteroatoms. The van der Waals surface area contributed by atoms with E-state index in [-0.39, 0.29) is 6.04 Å². The molecule has 0 bridgehead atoms. The van der Waals surface area contributed by atoms with Crippen LogP contribution in [0.15, 0.2) is 48.7 Å². The van der Waals surface area contributed by atoms with Crippen LogP contribution in [0.5, 0.6) is 5.75 Å². The number of likely N-dealkylation sites (tertiary alicyclic amines) is 1. The number of nitrogens with one attached hydrogen (secondary N) is 1. The molecule has 4 rings (SSSR count). The maximum absolute atomic E-state index is 9.99. The summed E-state index contributed by atoms with van der Waals surface area (Å²) in [6.07, 6.45) is 5.96. The minimum atomic E-state index is 0.188. The first-order valence-corrected chi connectivity index (χ1v) is 8.83. The van der Waals surface area contributed by atoms with Crippen molar-refractivity contribution < 1.29 is 5.11 Å². The number of benzene rings is 2. The van der Waals surface area contributed by atoms with E-state index in [1.807, 2.05) is 12.1 Å². The summed E-state index contributed by atoms with van der Waals surface area (Å²) in [5.41, 5.74) is 4.96. The molecule has 1 unspecified atom stereocenters. The van der Waals surface area contributed by atoms with Crippen LogP contribution < -0.4 is 0 Å². The summed E-state index contributed by atoms with van der Waals surface area (Å²) in [6, 6.07) is 14.4. The first-order valence-electron chi connectivity index (χ1n) is 8.83. The number of aromatic hydroxyl groups is 1. The predicted molar refractivity (Wildman–Crippen MR) is 98.4 cm³/mol. The number of hydrogen-bond donors (Lipinski definition) is 2. The van der Waals surface area contributed by atoms with Gasteiger partial charge < -0.3 is 10.1 Å². The fourth-order valence-electron chi connectivity index (χ4n) is 4.01. The topological polar surface area (TPSA) is 39.3 Å². The first kappa shape index (κ1) is 15.3. The van der Waals surface area contributed by atoms with Crippen molar-refractivity contribution in [3.8, 4) is 5.75 Å².